The average molecular weight is 304 g/mol. The summed E-state index contributed by atoms with van der Waals surface area (Å²) in [7, 11) is -3.07. The maximum Gasteiger partial charge on any atom is 0.151 e. The molecule has 1 saturated heterocycles. The third-order valence-electron chi connectivity index (χ3n) is 3.19. The Labute approximate surface area is 119 Å². The number of ether oxygens (including phenoxy) is 1. The molecule has 0 unspecified atom stereocenters. The Hall–Kier alpha value is -0.780. The van der Waals surface area contributed by atoms with E-state index >= 15 is 0 Å². The van der Waals surface area contributed by atoms with Gasteiger partial charge in [-0.15, -0.1) is 0 Å². The van der Waals surface area contributed by atoms with E-state index in [0.717, 1.165) is 19.5 Å². The van der Waals surface area contributed by atoms with E-state index in [4.69, 9.17) is 16.3 Å². The fourth-order valence-corrected chi connectivity index (χ4v) is 3.31. The topological polar surface area (TPSA) is 55.4 Å². The fraction of sp³-hybridized carbons (Fsp3) is 0.538. The summed E-state index contributed by atoms with van der Waals surface area (Å²) in [5.74, 6) is 0.928. The van der Waals surface area contributed by atoms with Crippen molar-refractivity contribution in [1.29, 1.82) is 0 Å². The van der Waals surface area contributed by atoms with E-state index in [1.807, 2.05) is 0 Å². The van der Waals surface area contributed by atoms with Gasteiger partial charge in [0.25, 0.3) is 0 Å². The van der Waals surface area contributed by atoms with E-state index in [1.165, 1.54) is 6.26 Å². The van der Waals surface area contributed by atoms with Gasteiger partial charge in [0, 0.05) is 23.7 Å². The highest BCUT2D eigenvalue weighted by Crippen LogP contribution is 2.22. The highest BCUT2D eigenvalue weighted by molar-refractivity contribution is 7.90. The molecular weight excluding hydrogens is 286 g/mol. The molecule has 1 N–H and O–H groups in total. The normalized spacial score (nSPS) is 21.3. The van der Waals surface area contributed by atoms with Gasteiger partial charge in [0.05, 0.1) is 5.75 Å². The van der Waals surface area contributed by atoms with Gasteiger partial charge in [-0.3, -0.25) is 0 Å². The third-order valence-corrected chi connectivity index (χ3v) is 4.38. The molecular formula is C13H18ClNO3S. The summed E-state index contributed by atoms with van der Waals surface area (Å²) in [6, 6.07) is 7.00. The Morgan fingerprint density at radius 3 is 2.63 bits per heavy atom. The van der Waals surface area contributed by atoms with Crippen molar-refractivity contribution in [2.45, 2.75) is 12.5 Å². The summed E-state index contributed by atoms with van der Waals surface area (Å²) >= 11 is 5.82. The van der Waals surface area contributed by atoms with Crippen LogP contribution in [0, 0.1) is 5.92 Å². The van der Waals surface area contributed by atoms with Crippen molar-refractivity contribution in [3.05, 3.63) is 29.3 Å². The second-order valence-corrected chi connectivity index (χ2v) is 7.58. The van der Waals surface area contributed by atoms with Crippen molar-refractivity contribution in [2.24, 2.45) is 5.92 Å². The summed E-state index contributed by atoms with van der Waals surface area (Å²) in [6.45, 7) is 1.71. The SMILES string of the molecule is CS(=O)(=O)C[C@H](Oc1ccc(Cl)cc1)[C@H]1CCNC1. The third kappa shape index (κ3) is 4.67. The van der Waals surface area contributed by atoms with E-state index < -0.39 is 9.84 Å². The first-order valence-electron chi connectivity index (χ1n) is 6.25. The van der Waals surface area contributed by atoms with Gasteiger partial charge < -0.3 is 10.1 Å². The van der Waals surface area contributed by atoms with Crippen LogP contribution < -0.4 is 10.1 Å². The monoisotopic (exact) mass is 303 g/mol. The molecule has 1 fully saturated rings. The van der Waals surface area contributed by atoms with Gasteiger partial charge in [-0.1, -0.05) is 11.6 Å². The molecule has 0 aromatic heterocycles. The van der Waals surface area contributed by atoms with Crippen molar-refractivity contribution < 1.29 is 13.2 Å². The molecule has 1 aromatic rings. The predicted octanol–water partition coefficient (Wildman–Crippen LogP) is 1.74. The molecule has 1 aliphatic rings. The van der Waals surface area contributed by atoms with Crippen LogP contribution in [0.1, 0.15) is 6.42 Å². The average Bonchev–Trinajstić information content (AvgIpc) is 2.83. The van der Waals surface area contributed by atoms with Crippen LogP contribution in [0.2, 0.25) is 5.02 Å². The molecule has 6 heteroatoms. The minimum absolute atomic E-state index is 0.0436. The molecule has 0 saturated carbocycles. The van der Waals surface area contributed by atoms with Crippen LogP contribution in [-0.4, -0.2) is 39.6 Å². The lowest BCUT2D eigenvalue weighted by Gasteiger charge is -2.23. The smallest absolute Gasteiger partial charge is 0.151 e. The first kappa shape index (κ1) is 14.6. The van der Waals surface area contributed by atoms with Crippen molar-refractivity contribution >= 4 is 21.4 Å². The summed E-state index contributed by atoms with van der Waals surface area (Å²) in [5, 5.41) is 3.87. The minimum atomic E-state index is -3.07. The van der Waals surface area contributed by atoms with Gasteiger partial charge in [0.1, 0.15) is 11.9 Å². The molecule has 0 radical (unpaired) electrons. The van der Waals surface area contributed by atoms with Crippen LogP contribution in [0.25, 0.3) is 0 Å². The number of benzene rings is 1. The zero-order chi connectivity index (χ0) is 13.9. The van der Waals surface area contributed by atoms with Gasteiger partial charge in [-0.25, -0.2) is 8.42 Å². The molecule has 0 aliphatic carbocycles. The molecule has 106 valence electrons. The van der Waals surface area contributed by atoms with Crippen LogP contribution in [0.4, 0.5) is 0 Å². The van der Waals surface area contributed by atoms with Crippen LogP contribution in [0.3, 0.4) is 0 Å². The maximum atomic E-state index is 11.5. The lowest BCUT2D eigenvalue weighted by atomic mass is 10.0. The van der Waals surface area contributed by atoms with Crippen molar-refractivity contribution in [3.63, 3.8) is 0 Å². The van der Waals surface area contributed by atoms with E-state index in [-0.39, 0.29) is 17.8 Å². The van der Waals surface area contributed by atoms with Gasteiger partial charge in [0.2, 0.25) is 0 Å². The predicted molar refractivity (Wildman–Crippen MR) is 76.6 cm³/mol. The van der Waals surface area contributed by atoms with Crippen LogP contribution in [0.5, 0.6) is 5.75 Å². The lowest BCUT2D eigenvalue weighted by molar-refractivity contribution is 0.163. The van der Waals surface area contributed by atoms with E-state index in [0.29, 0.717) is 10.8 Å². The van der Waals surface area contributed by atoms with Gasteiger partial charge in [-0.2, -0.15) is 0 Å². The highest BCUT2D eigenvalue weighted by atomic mass is 35.5. The van der Waals surface area contributed by atoms with Crippen molar-refractivity contribution in [3.8, 4) is 5.75 Å². The number of rotatable bonds is 5. The largest absolute Gasteiger partial charge is 0.489 e. The van der Waals surface area contributed by atoms with E-state index in [1.54, 1.807) is 24.3 Å². The first-order chi connectivity index (χ1) is 8.94. The van der Waals surface area contributed by atoms with E-state index in [2.05, 4.69) is 5.32 Å². The molecule has 1 heterocycles. The zero-order valence-electron chi connectivity index (χ0n) is 10.8. The zero-order valence-corrected chi connectivity index (χ0v) is 12.4. The molecule has 0 amide bonds. The summed E-state index contributed by atoms with van der Waals surface area (Å²) < 4.78 is 28.9. The summed E-state index contributed by atoms with van der Waals surface area (Å²) in [6.07, 6.45) is 1.87. The molecule has 0 bridgehead atoms. The minimum Gasteiger partial charge on any atom is -0.489 e. The maximum absolute atomic E-state index is 11.5. The fourth-order valence-electron chi connectivity index (χ4n) is 2.25. The number of hydrogen-bond donors (Lipinski definition) is 1. The van der Waals surface area contributed by atoms with Crippen molar-refractivity contribution in [1.82, 2.24) is 5.32 Å². The lowest BCUT2D eigenvalue weighted by Crippen LogP contribution is -2.35. The highest BCUT2D eigenvalue weighted by Gasteiger charge is 2.29. The van der Waals surface area contributed by atoms with Crippen molar-refractivity contribution in [2.75, 3.05) is 25.1 Å². The summed E-state index contributed by atoms with van der Waals surface area (Å²) in [5.41, 5.74) is 0. The van der Waals surface area contributed by atoms with Gasteiger partial charge in [-0.05, 0) is 37.2 Å². The standard InChI is InChI=1S/C13H18ClNO3S/c1-19(16,17)9-13(10-6-7-15-8-10)18-12-4-2-11(14)3-5-12/h2-5,10,13,15H,6-9H2,1H3/t10-,13-/m0/s1. The second-order valence-electron chi connectivity index (χ2n) is 4.96. The van der Waals surface area contributed by atoms with Crippen LogP contribution in [0.15, 0.2) is 24.3 Å². The molecule has 2 rings (SSSR count). The second kappa shape index (κ2) is 6.11. The molecule has 1 aliphatic heterocycles. The quantitative estimate of drug-likeness (QED) is 0.900. The molecule has 4 nitrogen and oxygen atoms in total. The number of sulfone groups is 1. The Balaban J connectivity index is 2.10. The molecule has 19 heavy (non-hydrogen) atoms. The van der Waals surface area contributed by atoms with Crippen LogP contribution in [-0.2, 0) is 9.84 Å². The Bertz CT molecular complexity index is 509. The molecule has 1 aromatic carbocycles. The Morgan fingerprint density at radius 1 is 1.42 bits per heavy atom. The molecule has 2 atom stereocenters. The number of hydrogen-bond acceptors (Lipinski definition) is 4. The van der Waals surface area contributed by atoms with Crippen LogP contribution >= 0.6 is 11.6 Å². The first-order valence-corrected chi connectivity index (χ1v) is 8.68. The Morgan fingerprint density at radius 2 is 2.11 bits per heavy atom. The Kier molecular flexibility index (Phi) is 4.71. The van der Waals surface area contributed by atoms with E-state index in [9.17, 15) is 8.42 Å². The summed E-state index contributed by atoms with van der Waals surface area (Å²) in [4.78, 5) is 0. The number of nitrogens with one attached hydrogen (secondary N) is 1. The van der Waals surface area contributed by atoms with Gasteiger partial charge in [0.15, 0.2) is 9.84 Å². The van der Waals surface area contributed by atoms with Gasteiger partial charge >= 0.3 is 0 Å². The number of halogens is 1. The molecule has 0 spiro atoms.